The standard InChI is InChI=1S/C19H23N5O4.ClH/c1-24(8-5-7-21-18(25)14-6-4-9-28-14)19-22-13-11-16(27-3)15(26-2)10-12(13)17(20)23-19;/h4,6,9-11H,5,7-8H2,1-3H3,(H,21,25)(H2,20,22,23);1H/i1D3;. The first-order valence-corrected chi connectivity index (χ1v) is 8.53. The van der Waals surface area contributed by atoms with E-state index in [4.69, 9.17) is 23.7 Å². The molecule has 9 nitrogen and oxygen atoms in total. The zero-order valence-electron chi connectivity index (χ0n) is 19.0. The van der Waals surface area contributed by atoms with Crippen LogP contribution < -0.4 is 25.4 Å². The Labute approximate surface area is 178 Å². The lowest BCUT2D eigenvalue weighted by Crippen LogP contribution is -2.28. The number of amides is 1. The van der Waals surface area contributed by atoms with Crippen LogP contribution in [-0.2, 0) is 0 Å². The monoisotopic (exact) mass is 424 g/mol. The molecular formula is C19H24ClN5O4. The third-order valence-corrected chi connectivity index (χ3v) is 4.05. The molecule has 2 aromatic heterocycles. The Kier molecular flexibility index (Phi) is 6.06. The van der Waals surface area contributed by atoms with Gasteiger partial charge in [-0.1, -0.05) is 0 Å². The van der Waals surface area contributed by atoms with Crippen LogP contribution in [0.3, 0.4) is 0 Å². The van der Waals surface area contributed by atoms with Gasteiger partial charge in [-0.25, -0.2) is 4.98 Å². The highest BCUT2D eigenvalue weighted by Gasteiger charge is 2.14. The van der Waals surface area contributed by atoms with Crippen molar-refractivity contribution in [1.29, 1.82) is 0 Å². The van der Waals surface area contributed by atoms with Crippen LogP contribution in [0.2, 0.25) is 0 Å². The largest absolute Gasteiger partial charge is 0.493 e. The average molecular weight is 425 g/mol. The summed E-state index contributed by atoms with van der Waals surface area (Å²) >= 11 is 0. The summed E-state index contributed by atoms with van der Waals surface area (Å²) < 4.78 is 39.2. The molecule has 0 spiro atoms. The summed E-state index contributed by atoms with van der Waals surface area (Å²) in [6, 6.07) is 6.39. The first-order chi connectivity index (χ1) is 14.7. The number of methoxy groups -OCH3 is 2. The molecule has 0 unspecified atom stereocenters. The minimum absolute atomic E-state index is 0. The average Bonchev–Trinajstić information content (AvgIpc) is 3.26. The molecule has 1 aromatic carbocycles. The fourth-order valence-corrected chi connectivity index (χ4v) is 2.62. The van der Waals surface area contributed by atoms with Gasteiger partial charge in [-0.05, 0) is 24.6 Å². The Bertz CT molecular complexity index is 1060. The predicted molar refractivity (Wildman–Crippen MR) is 113 cm³/mol. The lowest BCUT2D eigenvalue weighted by Gasteiger charge is -2.18. The maximum Gasteiger partial charge on any atom is 0.286 e. The number of carbonyl (C=O) groups excluding carboxylic acids is 1. The highest BCUT2D eigenvalue weighted by atomic mass is 35.5. The fourth-order valence-electron chi connectivity index (χ4n) is 2.62. The van der Waals surface area contributed by atoms with Crippen molar-refractivity contribution >= 4 is 41.0 Å². The van der Waals surface area contributed by atoms with Gasteiger partial charge in [0, 0.05) is 35.6 Å². The van der Waals surface area contributed by atoms with E-state index in [-0.39, 0.29) is 48.9 Å². The molecule has 0 saturated carbocycles. The number of carbonyl (C=O) groups is 1. The van der Waals surface area contributed by atoms with Gasteiger partial charge < -0.3 is 29.8 Å². The van der Waals surface area contributed by atoms with Crippen molar-refractivity contribution in [2.75, 3.05) is 44.9 Å². The van der Waals surface area contributed by atoms with Gasteiger partial charge in [-0.15, -0.1) is 12.4 Å². The van der Waals surface area contributed by atoms with Gasteiger partial charge in [0.15, 0.2) is 17.3 Å². The number of hydrogen-bond acceptors (Lipinski definition) is 8. The van der Waals surface area contributed by atoms with Crippen molar-refractivity contribution < 1.29 is 22.8 Å². The number of hydrogen-bond donors (Lipinski definition) is 2. The van der Waals surface area contributed by atoms with E-state index < -0.39 is 6.98 Å². The van der Waals surface area contributed by atoms with E-state index in [1.165, 1.54) is 20.5 Å². The number of fused-ring (bicyclic) bond motifs is 1. The van der Waals surface area contributed by atoms with Crippen LogP contribution in [0.15, 0.2) is 34.9 Å². The van der Waals surface area contributed by atoms with E-state index in [0.717, 1.165) is 4.90 Å². The van der Waals surface area contributed by atoms with Crippen LogP contribution in [0.4, 0.5) is 11.8 Å². The molecule has 0 bridgehead atoms. The lowest BCUT2D eigenvalue weighted by molar-refractivity contribution is 0.0925. The van der Waals surface area contributed by atoms with Crippen LogP contribution in [-0.4, -0.2) is 50.2 Å². The third-order valence-electron chi connectivity index (χ3n) is 4.05. The molecule has 3 rings (SSSR count). The van der Waals surface area contributed by atoms with E-state index in [9.17, 15) is 4.79 Å². The van der Waals surface area contributed by atoms with Crippen molar-refractivity contribution in [2.45, 2.75) is 6.42 Å². The molecule has 156 valence electrons. The Morgan fingerprint density at radius 1 is 1.31 bits per heavy atom. The molecule has 29 heavy (non-hydrogen) atoms. The maximum absolute atomic E-state index is 11.9. The number of rotatable bonds is 8. The summed E-state index contributed by atoms with van der Waals surface area (Å²) in [7, 11) is 2.98. The van der Waals surface area contributed by atoms with Crippen molar-refractivity contribution in [3.05, 3.63) is 36.3 Å². The number of benzene rings is 1. The summed E-state index contributed by atoms with van der Waals surface area (Å²) in [5.41, 5.74) is 6.49. The SMILES string of the molecule is Cl.[2H]C([2H])([2H])N(CCCNC(=O)c1ccco1)c1nc(N)c2cc(OC)c(OC)cc2n1. The molecule has 3 aromatic rings. The molecule has 0 aliphatic rings. The van der Waals surface area contributed by atoms with Gasteiger partial charge in [0.2, 0.25) is 5.95 Å². The van der Waals surface area contributed by atoms with E-state index in [0.29, 0.717) is 28.8 Å². The number of nitrogens with two attached hydrogens (primary N) is 1. The maximum atomic E-state index is 11.9. The van der Waals surface area contributed by atoms with E-state index >= 15 is 0 Å². The number of aromatic nitrogens is 2. The van der Waals surface area contributed by atoms with Crippen molar-refractivity contribution in [1.82, 2.24) is 15.3 Å². The van der Waals surface area contributed by atoms with E-state index in [1.54, 1.807) is 24.3 Å². The van der Waals surface area contributed by atoms with Crippen LogP contribution in [0.1, 0.15) is 21.1 Å². The molecule has 1 amide bonds. The molecule has 10 heteroatoms. The summed E-state index contributed by atoms with van der Waals surface area (Å²) in [4.78, 5) is 21.6. The highest BCUT2D eigenvalue weighted by Crippen LogP contribution is 2.33. The zero-order valence-corrected chi connectivity index (χ0v) is 16.8. The van der Waals surface area contributed by atoms with E-state index in [2.05, 4.69) is 15.3 Å². The molecule has 0 radical (unpaired) electrons. The normalized spacial score (nSPS) is 12.3. The first kappa shape index (κ1) is 17.9. The molecule has 2 heterocycles. The molecule has 3 N–H and O–H groups in total. The summed E-state index contributed by atoms with van der Waals surface area (Å²) in [5.74, 6) is 0.759. The Morgan fingerprint density at radius 2 is 2.07 bits per heavy atom. The Balaban J connectivity index is 0.00000363. The number of anilines is 2. The zero-order chi connectivity index (χ0) is 22.6. The van der Waals surface area contributed by atoms with Gasteiger partial charge in [-0.3, -0.25) is 4.79 Å². The number of nitrogen functional groups attached to an aromatic ring is 1. The van der Waals surface area contributed by atoms with Crippen LogP contribution in [0, 0.1) is 0 Å². The van der Waals surface area contributed by atoms with Crippen LogP contribution in [0.5, 0.6) is 11.5 Å². The van der Waals surface area contributed by atoms with Gasteiger partial charge in [0.05, 0.1) is 26.0 Å². The van der Waals surface area contributed by atoms with Gasteiger partial charge in [0.25, 0.3) is 5.91 Å². The molecule has 0 fully saturated rings. The molecule has 0 aliphatic heterocycles. The summed E-state index contributed by atoms with van der Waals surface area (Å²) in [5, 5.41) is 3.18. The molecule has 0 saturated heterocycles. The first-order valence-electron chi connectivity index (χ1n) is 10.0. The second kappa shape index (κ2) is 9.83. The van der Waals surface area contributed by atoms with Gasteiger partial charge in [0.1, 0.15) is 5.82 Å². The topological polar surface area (TPSA) is 116 Å². The minimum atomic E-state index is -2.51. The van der Waals surface area contributed by atoms with Gasteiger partial charge >= 0.3 is 0 Å². The number of halogens is 1. The molecular weight excluding hydrogens is 398 g/mol. The smallest absolute Gasteiger partial charge is 0.286 e. The molecule has 0 atom stereocenters. The molecule has 0 aliphatic carbocycles. The Hall–Kier alpha value is -3.20. The van der Waals surface area contributed by atoms with Crippen molar-refractivity contribution in [3.8, 4) is 11.5 Å². The fraction of sp³-hybridized carbons (Fsp3) is 0.316. The minimum Gasteiger partial charge on any atom is -0.493 e. The van der Waals surface area contributed by atoms with Crippen LogP contribution >= 0.6 is 12.4 Å². The van der Waals surface area contributed by atoms with Gasteiger partial charge in [-0.2, -0.15) is 4.98 Å². The number of nitrogens with zero attached hydrogens (tertiary/aromatic N) is 3. The number of furan rings is 1. The summed E-state index contributed by atoms with van der Waals surface area (Å²) in [6.07, 6.45) is 1.73. The Morgan fingerprint density at radius 3 is 2.72 bits per heavy atom. The second-order valence-corrected chi connectivity index (χ2v) is 5.87. The number of nitrogens with one attached hydrogen (secondary N) is 1. The second-order valence-electron chi connectivity index (χ2n) is 5.87. The van der Waals surface area contributed by atoms with Crippen LogP contribution in [0.25, 0.3) is 10.9 Å². The van der Waals surface area contributed by atoms with Crippen molar-refractivity contribution in [2.24, 2.45) is 0 Å². The predicted octanol–water partition coefficient (Wildman–Crippen LogP) is 2.50. The number of ether oxygens (including phenoxy) is 2. The lowest BCUT2D eigenvalue weighted by atomic mass is 10.2. The van der Waals surface area contributed by atoms with E-state index in [1.807, 2.05) is 0 Å². The highest BCUT2D eigenvalue weighted by molar-refractivity contribution is 5.92. The summed E-state index contributed by atoms with van der Waals surface area (Å²) in [6.45, 7) is -2.21. The van der Waals surface area contributed by atoms with Crippen molar-refractivity contribution in [3.63, 3.8) is 0 Å². The third kappa shape index (κ3) is 5.00. The quantitative estimate of drug-likeness (QED) is 0.530.